The standard InChI is InChI=1S/C31H30Cl2FN3O6/c1-17(38)36-10-8-18(9-11-36)30(2,42)20-12-24-27(25(34)13-20)31(43-3,19-4-6-21(32)7-5-19)37(28(24)39)16-26-23(29(40)41)14-22(33)15-35-26/h4-7,12-15,18,42H,8-11,16H2,1-3H3,(H,40,41). The molecule has 2 aliphatic heterocycles. The third-order valence-electron chi connectivity index (χ3n) is 8.61. The van der Waals surface area contributed by atoms with Gasteiger partial charge in [0.25, 0.3) is 5.91 Å². The predicted molar refractivity (Wildman–Crippen MR) is 156 cm³/mol. The van der Waals surface area contributed by atoms with Gasteiger partial charge in [-0.1, -0.05) is 35.3 Å². The van der Waals surface area contributed by atoms with Gasteiger partial charge in [-0.15, -0.1) is 0 Å². The maximum absolute atomic E-state index is 16.4. The lowest BCUT2D eigenvalue weighted by atomic mass is 9.76. The number of hydrogen-bond acceptors (Lipinski definition) is 6. The Balaban J connectivity index is 1.65. The Labute approximate surface area is 257 Å². The fraction of sp³-hybridized carbons (Fsp3) is 0.355. The van der Waals surface area contributed by atoms with E-state index in [4.69, 9.17) is 27.9 Å². The lowest BCUT2D eigenvalue weighted by Gasteiger charge is -2.40. The molecule has 0 bridgehead atoms. The Kier molecular flexibility index (Phi) is 8.26. The van der Waals surface area contributed by atoms with Gasteiger partial charge in [0.2, 0.25) is 5.91 Å². The molecule has 2 aliphatic rings. The second-order valence-electron chi connectivity index (χ2n) is 11.0. The molecule has 0 saturated carbocycles. The van der Waals surface area contributed by atoms with Crippen LogP contribution in [0.5, 0.6) is 0 Å². The zero-order valence-electron chi connectivity index (χ0n) is 23.7. The first kappa shape index (κ1) is 30.9. The van der Waals surface area contributed by atoms with E-state index >= 15 is 4.39 Å². The number of carbonyl (C=O) groups is 3. The van der Waals surface area contributed by atoms with E-state index in [9.17, 15) is 24.6 Å². The molecule has 0 radical (unpaired) electrons. The van der Waals surface area contributed by atoms with Crippen LogP contribution in [0.2, 0.25) is 10.0 Å². The molecule has 2 atom stereocenters. The summed E-state index contributed by atoms with van der Waals surface area (Å²) in [5.41, 5.74) is -3.11. The van der Waals surface area contributed by atoms with E-state index in [1.54, 1.807) is 36.1 Å². The number of pyridine rings is 1. The molecule has 3 aromatic rings. The lowest BCUT2D eigenvalue weighted by molar-refractivity contribution is -0.132. The van der Waals surface area contributed by atoms with Crippen LogP contribution in [0.1, 0.15) is 69.8 Å². The predicted octanol–water partition coefficient (Wildman–Crippen LogP) is 5.20. The van der Waals surface area contributed by atoms with Crippen molar-refractivity contribution in [2.45, 2.75) is 44.6 Å². The number of benzene rings is 2. The number of ether oxygens (including phenoxy) is 1. The smallest absolute Gasteiger partial charge is 0.337 e. The number of carboxylic acid groups (broad SMARTS) is 1. The molecule has 2 N–H and O–H groups in total. The number of aromatic nitrogens is 1. The number of nitrogens with zero attached hydrogens (tertiary/aromatic N) is 3. The molecule has 2 unspecified atom stereocenters. The third-order valence-corrected chi connectivity index (χ3v) is 9.07. The van der Waals surface area contributed by atoms with Gasteiger partial charge in [0.15, 0.2) is 5.72 Å². The van der Waals surface area contributed by atoms with Crippen molar-refractivity contribution in [1.82, 2.24) is 14.8 Å². The third kappa shape index (κ3) is 5.26. The normalized spacial score (nSPS) is 20.2. The molecule has 9 nitrogen and oxygen atoms in total. The highest BCUT2D eigenvalue weighted by molar-refractivity contribution is 6.31. The summed E-state index contributed by atoms with van der Waals surface area (Å²) < 4.78 is 22.4. The largest absolute Gasteiger partial charge is 0.478 e. The fourth-order valence-electron chi connectivity index (χ4n) is 6.25. The number of halogens is 3. The van der Waals surface area contributed by atoms with Gasteiger partial charge in [0, 0.05) is 43.9 Å². The minimum Gasteiger partial charge on any atom is -0.478 e. The maximum Gasteiger partial charge on any atom is 0.337 e. The van der Waals surface area contributed by atoms with E-state index in [-0.39, 0.29) is 51.3 Å². The highest BCUT2D eigenvalue weighted by Gasteiger charge is 2.54. The summed E-state index contributed by atoms with van der Waals surface area (Å²) in [6.45, 7) is 3.63. The molecule has 1 aromatic heterocycles. The molecular weight excluding hydrogens is 600 g/mol. The number of carboxylic acids is 1. The van der Waals surface area contributed by atoms with Gasteiger partial charge < -0.3 is 19.8 Å². The van der Waals surface area contributed by atoms with Crippen LogP contribution in [0, 0.1) is 11.7 Å². The van der Waals surface area contributed by atoms with Crippen molar-refractivity contribution < 1.29 is 33.7 Å². The van der Waals surface area contributed by atoms with Crippen LogP contribution < -0.4 is 0 Å². The average molecular weight is 631 g/mol. The highest BCUT2D eigenvalue weighted by atomic mass is 35.5. The van der Waals surface area contributed by atoms with Gasteiger partial charge in [-0.05, 0) is 61.6 Å². The fourth-order valence-corrected chi connectivity index (χ4v) is 6.53. The highest BCUT2D eigenvalue weighted by Crippen LogP contribution is 2.49. The van der Waals surface area contributed by atoms with Gasteiger partial charge >= 0.3 is 5.97 Å². The van der Waals surface area contributed by atoms with Gasteiger partial charge in [0.05, 0.1) is 39.6 Å². The van der Waals surface area contributed by atoms with Crippen LogP contribution >= 0.6 is 23.2 Å². The topological polar surface area (TPSA) is 120 Å². The number of likely N-dealkylation sites (tertiary alicyclic amines) is 1. The first-order valence-corrected chi connectivity index (χ1v) is 14.4. The number of rotatable bonds is 7. The zero-order chi connectivity index (χ0) is 31.3. The van der Waals surface area contributed by atoms with E-state index in [2.05, 4.69) is 4.98 Å². The summed E-state index contributed by atoms with van der Waals surface area (Å²) in [7, 11) is 1.32. The van der Waals surface area contributed by atoms with E-state index in [1.165, 1.54) is 43.3 Å². The van der Waals surface area contributed by atoms with Crippen molar-refractivity contribution >= 4 is 41.0 Å². The molecule has 12 heteroatoms. The molecule has 0 aliphatic carbocycles. The molecule has 0 spiro atoms. The zero-order valence-corrected chi connectivity index (χ0v) is 25.2. The monoisotopic (exact) mass is 629 g/mol. The quantitative estimate of drug-likeness (QED) is 0.369. The number of hydrogen-bond donors (Lipinski definition) is 2. The molecule has 1 fully saturated rings. The second kappa shape index (κ2) is 11.5. The minimum absolute atomic E-state index is 0.0123. The molecule has 5 rings (SSSR count). The van der Waals surface area contributed by atoms with Crippen molar-refractivity contribution in [3.05, 3.63) is 98.0 Å². The Morgan fingerprint density at radius 2 is 1.79 bits per heavy atom. The Morgan fingerprint density at radius 3 is 2.37 bits per heavy atom. The van der Waals surface area contributed by atoms with Crippen molar-refractivity contribution in [2.75, 3.05) is 20.2 Å². The van der Waals surface area contributed by atoms with Crippen LogP contribution in [0.15, 0.2) is 48.7 Å². The average Bonchev–Trinajstić information content (AvgIpc) is 3.22. The first-order chi connectivity index (χ1) is 20.3. The summed E-state index contributed by atoms with van der Waals surface area (Å²) >= 11 is 12.1. The lowest BCUT2D eigenvalue weighted by Crippen LogP contribution is -2.46. The minimum atomic E-state index is -1.82. The van der Waals surface area contributed by atoms with Crippen molar-refractivity contribution in [1.29, 1.82) is 0 Å². The summed E-state index contributed by atoms with van der Waals surface area (Å²) in [5.74, 6) is -3.09. The Morgan fingerprint density at radius 1 is 1.14 bits per heavy atom. The van der Waals surface area contributed by atoms with Gasteiger partial charge in [-0.3, -0.25) is 19.5 Å². The molecule has 3 heterocycles. The van der Waals surface area contributed by atoms with Crippen LogP contribution in [0.25, 0.3) is 0 Å². The van der Waals surface area contributed by atoms with Crippen molar-refractivity contribution in [3.8, 4) is 0 Å². The molecule has 43 heavy (non-hydrogen) atoms. The van der Waals surface area contributed by atoms with E-state index in [0.717, 1.165) is 0 Å². The number of aliphatic hydroxyl groups is 1. The van der Waals surface area contributed by atoms with E-state index in [0.29, 0.717) is 36.5 Å². The molecular formula is C31H30Cl2FN3O6. The van der Waals surface area contributed by atoms with Crippen LogP contribution in [0.4, 0.5) is 4.39 Å². The van der Waals surface area contributed by atoms with E-state index < -0.39 is 29.0 Å². The number of piperidine rings is 1. The molecule has 226 valence electrons. The van der Waals surface area contributed by atoms with E-state index in [1.807, 2.05) is 0 Å². The Bertz CT molecular complexity index is 1610. The van der Waals surface area contributed by atoms with Crippen LogP contribution in [-0.4, -0.2) is 63.0 Å². The molecule has 2 aromatic carbocycles. The molecule has 1 saturated heterocycles. The van der Waals surface area contributed by atoms with Gasteiger partial charge in [-0.25, -0.2) is 9.18 Å². The van der Waals surface area contributed by atoms with Gasteiger partial charge in [0.1, 0.15) is 5.82 Å². The summed E-state index contributed by atoms with van der Waals surface area (Å²) in [6.07, 6.45) is 2.26. The van der Waals surface area contributed by atoms with Crippen molar-refractivity contribution in [2.24, 2.45) is 5.92 Å². The summed E-state index contributed by atoms with van der Waals surface area (Å²) in [6, 6.07) is 10.2. The second-order valence-corrected chi connectivity index (χ2v) is 11.9. The number of aromatic carboxylic acids is 1. The van der Waals surface area contributed by atoms with Gasteiger partial charge in [-0.2, -0.15) is 0 Å². The number of carbonyl (C=O) groups excluding carboxylic acids is 2. The van der Waals surface area contributed by atoms with Crippen LogP contribution in [-0.2, 0) is 27.4 Å². The SMILES string of the molecule is COC1(c2ccc(Cl)cc2)c2c(F)cc(C(C)(O)C3CCN(C(C)=O)CC3)cc2C(=O)N1Cc1ncc(Cl)cc1C(=O)O. The Hall–Kier alpha value is -3.57. The number of amides is 2. The van der Waals surface area contributed by atoms with Crippen LogP contribution in [0.3, 0.4) is 0 Å². The first-order valence-electron chi connectivity index (χ1n) is 13.6. The van der Waals surface area contributed by atoms with Crippen molar-refractivity contribution in [3.63, 3.8) is 0 Å². The summed E-state index contributed by atoms with van der Waals surface area (Å²) in [4.78, 5) is 45.2. The molecule has 2 amide bonds. The maximum atomic E-state index is 16.4. The summed E-state index contributed by atoms with van der Waals surface area (Å²) in [5, 5.41) is 22.0. The number of methoxy groups -OCH3 is 1. The number of fused-ring (bicyclic) bond motifs is 1.